The van der Waals surface area contributed by atoms with Crippen LogP contribution in [0.2, 0.25) is 0 Å². The molecule has 4 rings (SSSR count). The Morgan fingerprint density at radius 1 is 0.897 bits per heavy atom. The van der Waals surface area contributed by atoms with Crippen LogP contribution in [-0.4, -0.2) is 18.0 Å². The van der Waals surface area contributed by atoms with Crippen molar-refractivity contribution in [2.24, 2.45) is 7.05 Å². The summed E-state index contributed by atoms with van der Waals surface area (Å²) in [5.41, 5.74) is 4.33. The number of anilines is 1. The third-order valence-electron chi connectivity index (χ3n) is 5.14. The number of sulfonamides is 1. The number of nitrogens with zero attached hydrogens (tertiary/aromatic N) is 2. The minimum atomic E-state index is -3.65. The van der Waals surface area contributed by atoms with Gasteiger partial charge in [0.25, 0.3) is 10.0 Å². The van der Waals surface area contributed by atoms with Crippen molar-refractivity contribution in [2.45, 2.75) is 24.7 Å². The van der Waals surface area contributed by atoms with Gasteiger partial charge in [-0.1, -0.05) is 48.5 Å². The normalized spacial score (nSPS) is 11.7. The molecular weight excluding hydrogens is 382 g/mol. The molecule has 4 aromatic rings. The minimum absolute atomic E-state index is 0.296. The van der Waals surface area contributed by atoms with E-state index in [1.54, 1.807) is 31.2 Å². The maximum absolute atomic E-state index is 12.9. The predicted octanol–water partition coefficient (Wildman–Crippen LogP) is 4.47. The summed E-state index contributed by atoms with van der Waals surface area (Å²) >= 11 is 0. The number of imidazole rings is 1. The molecule has 1 N–H and O–H groups in total. The molecule has 0 spiro atoms. The summed E-state index contributed by atoms with van der Waals surface area (Å²) in [5.74, 6) is 0.975. The lowest BCUT2D eigenvalue weighted by molar-refractivity contribution is 0.600. The Morgan fingerprint density at radius 2 is 1.59 bits per heavy atom. The van der Waals surface area contributed by atoms with Crippen LogP contribution in [0.1, 0.15) is 17.0 Å². The van der Waals surface area contributed by atoms with E-state index in [1.807, 2.05) is 49.5 Å². The van der Waals surface area contributed by atoms with E-state index in [9.17, 15) is 8.42 Å². The van der Waals surface area contributed by atoms with Gasteiger partial charge in [0.05, 0.1) is 21.6 Å². The van der Waals surface area contributed by atoms with Gasteiger partial charge in [-0.15, -0.1) is 0 Å². The number of hydrogen-bond acceptors (Lipinski definition) is 3. The van der Waals surface area contributed by atoms with Crippen molar-refractivity contribution < 1.29 is 8.42 Å². The van der Waals surface area contributed by atoms with Gasteiger partial charge >= 0.3 is 0 Å². The van der Waals surface area contributed by atoms with Crippen molar-refractivity contribution in [1.29, 1.82) is 0 Å². The first kappa shape index (κ1) is 19.2. The Bertz CT molecular complexity index is 1280. The van der Waals surface area contributed by atoms with E-state index in [0.717, 1.165) is 28.0 Å². The monoisotopic (exact) mass is 405 g/mol. The van der Waals surface area contributed by atoms with E-state index in [1.165, 1.54) is 0 Å². The van der Waals surface area contributed by atoms with Gasteiger partial charge in [-0.25, -0.2) is 13.4 Å². The summed E-state index contributed by atoms with van der Waals surface area (Å²) in [6, 6.07) is 22.6. The Morgan fingerprint density at radius 3 is 2.38 bits per heavy atom. The molecule has 0 radical (unpaired) electrons. The standard InChI is InChI=1S/C23H23N3O2S/c1-17-9-3-8-14-22(17)29(27,28)25-19-11-5-4-10-18(19)15-16-23-24-20-12-6-7-13-21(20)26(23)2/h3-14,25H,15-16H2,1-2H3. The SMILES string of the molecule is Cc1ccccc1S(=O)(=O)Nc1ccccc1CCc1nc2ccccc2n1C. The zero-order chi connectivity index (χ0) is 20.4. The van der Waals surface area contributed by atoms with Crippen LogP contribution in [0, 0.1) is 6.92 Å². The van der Waals surface area contributed by atoms with Gasteiger partial charge in [-0.2, -0.15) is 0 Å². The van der Waals surface area contributed by atoms with Crippen LogP contribution in [0.3, 0.4) is 0 Å². The molecular formula is C23H23N3O2S. The van der Waals surface area contributed by atoms with Crippen molar-refractivity contribution in [3.8, 4) is 0 Å². The number of aromatic nitrogens is 2. The zero-order valence-corrected chi connectivity index (χ0v) is 17.3. The average molecular weight is 406 g/mol. The van der Waals surface area contributed by atoms with Gasteiger partial charge in [0, 0.05) is 13.5 Å². The number of nitrogens with one attached hydrogen (secondary N) is 1. The topological polar surface area (TPSA) is 64.0 Å². The molecule has 148 valence electrons. The number of rotatable bonds is 6. The summed E-state index contributed by atoms with van der Waals surface area (Å²) in [7, 11) is -1.64. The summed E-state index contributed by atoms with van der Waals surface area (Å²) in [5, 5.41) is 0. The molecule has 0 bridgehead atoms. The largest absolute Gasteiger partial charge is 0.331 e. The molecule has 1 heterocycles. The number of para-hydroxylation sites is 3. The molecule has 0 fully saturated rings. The van der Waals surface area contributed by atoms with Crippen molar-refractivity contribution in [3.63, 3.8) is 0 Å². The second-order valence-electron chi connectivity index (χ2n) is 7.10. The van der Waals surface area contributed by atoms with Crippen LogP contribution >= 0.6 is 0 Å². The lowest BCUT2D eigenvalue weighted by atomic mass is 10.1. The Kier molecular flexibility index (Phi) is 5.11. The second kappa shape index (κ2) is 7.72. The highest BCUT2D eigenvalue weighted by atomic mass is 32.2. The highest BCUT2D eigenvalue weighted by molar-refractivity contribution is 7.92. The quantitative estimate of drug-likeness (QED) is 0.515. The number of benzene rings is 3. The number of aryl methyl sites for hydroxylation is 4. The maximum atomic E-state index is 12.9. The lowest BCUT2D eigenvalue weighted by Gasteiger charge is -2.14. The summed E-state index contributed by atoms with van der Waals surface area (Å²) in [6.45, 7) is 1.80. The van der Waals surface area contributed by atoms with Crippen molar-refractivity contribution in [1.82, 2.24) is 9.55 Å². The van der Waals surface area contributed by atoms with Crippen LogP contribution in [0.25, 0.3) is 11.0 Å². The average Bonchev–Trinajstić information content (AvgIpc) is 3.03. The number of fused-ring (bicyclic) bond motifs is 1. The third-order valence-corrected chi connectivity index (χ3v) is 6.67. The molecule has 3 aromatic carbocycles. The van der Waals surface area contributed by atoms with E-state index in [-0.39, 0.29) is 0 Å². The van der Waals surface area contributed by atoms with Crippen LogP contribution in [0.4, 0.5) is 5.69 Å². The highest BCUT2D eigenvalue weighted by Gasteiger charge is 2.18. The molecule has 0 aliphatic rings. The second-order valence-corrected chi connectivity index (χ2v) is 8.75. The van der Waals surface area contributed by atoms with Crippen molar-refractivity contribution in [2.75, 3.05) is 4.72 Å². The Hall–Kier alpha value is -3.12. The molecule has 5 nitrogen and oxygen atoms in total. The van der Waals surface area contributed by atoms with Crippen LogP contribution < -0.4 is 4.72 Å². The Labute approximate surface area is 171 Å². The van der Waals surface area contributed by atoms with E-state index in [2.05, 4.69) is 15.4 Å². The number of hydrogen-bond donors (Lipinski definition) is 1. The first-order valence-corrected chi connectivity index (χ1v) is 11.0. The molecule has 0 aliphatic carbocycles. The van der Waals surface area contributed by atoms with Crippen LogP contribution in [0.5, 0.6) is 0 Å². The lowest BCUT2D eigenvalue weighted by Crippen LogP contribution is -2.15. The first-order chi connectivity index (χ1) is 14.0. The highest BCUT2D eigenvalue weighted by Crippen LogP contribution is 2.24. The fraction of sp³-hybridized carbons (Fsp3) is 0.174. The van der Waals surface area contributed by atoms with Crippen molar-refractivity contribution >= 4 is 26.7 Å². The molecule has 6 heteroatoms. The molecule has 0 amide bonds. The molecule has 0 unspecified atom stereocenters. The Balaban J connectivity index is 1.59. The van der Waals surface area contributed by atoms with Gasteiger partial charge in [-0.05, 0) is 48.7 Å². The van der Waals surface area contributed by atoms with E-state index in [4.69, 9.17) is 4.98 Å². The van der Waals surface area contributed by atoms with Gasteiger partial charge in [0.15, 0.2) is 0 Å². The molecule has 1 aromatic heterocycles. The smallest absolute Gasteiger partial charge is 0.262 e. The van der Waals surface area contributed by atoms with E-state index in [0.29, 0.717) is 23.4 Å². The van der Waals surface area contributed by atoms with Crippen molar-refractivity contribution in [3.05, 3.63) is 89.7 Å². The summed E-state index contributed by atoms with van der Waals surface area (Å²) < 4.78 is 30.6. The fourth-order valence-electron chi connectivity index (χ4n) is 3.56. The molecule has 0 aliphatic heterocycles. The minimum Gasteiger partial charge on any atom is -0.331 e. The zero-order valence-electron chi connectivity index (χ0n) is 16.5. The molecule has 0 saturated heterocycles. The van der Waals surface area contributed by atoms with Gasteiger partial charge in [0.2, 0.25) is 0 Å². The van der Waals surface area contributed by atoms with Gasteiger partial charge < -0.3 is 4.57 Å². The van der Waals surface area contributed by atoms with Gasteiger partial charge in [0.1, 0.15) is 5.82 Å². The summed E-state index contributed by atoms with van der Waals surface area (Å²) in [4.78, 5) is 5.01. The maximum Gasteiger partial charge on any atom is 0.262 e. The van der Waals surface area contributed by atoms with E-state index >= 15 is 0 Å². The first-order valence-electron chi connectivity index (χ1n) is 9.52. The third kappa shape index (κ3) is 3.89. The molecule has 0 saturated carbocycles. The van der Waals surface area contributed by atoms with Gasteiger partial charge in [-0.3, -0.25) is 4.72 Å². The van der Waals surface area contributed by atoms with Crippen LogP contribution in [0.15, 0.2) is 77.7 Å². The molecule has 29 heavy (non-hydrogen) atoms. The molecule has 0 atom stereocenters. The van der Waals surface area contributed by atoms with E-state index < -0.39 is 10.0 Å². The predicted molar refractivity (Wildman–Crippen MR) is 117 cm³/mol. The summed E-state index contributed by atoms with van der Waals surface area (Å²) in [6.07, 6.45) is 1.40. The fourth-order valence-corrected chi connectivity index (χ4v) is 4.91. The van der Waals surface area contributed by atoms with Crippen LogP contribution in [-0.2, 0) is 29.9 Å².